The SMILES string of the molecule is Cn1cnc(CCNCC2(O)CCCCC2)n1. The summed E-state index contributed by atoms with van der Waals surface area (Å²) in [6.07, 6.45) is 7.96. The maximum Gasteiger partial charge on any atom is 0.151 e. The smallest absolute Gasteiger partial charge is 0.151 e. The highest BCUT2D eigenvalue weighted by molar-refractivity contribution is 4.86. The minimum Gasteiger partial charge on any atom is -0.389 e. The zero-order chi connectivity index (χ0) is 12.1. The van der Waals surface area contributed by atoms with E-state index in [2.05, 4.69) is 15.4 Å². The summed E-state index contributed by atoms with van der Waals surface area (Å²) in [4.78, 5) is 4.17. The van der Waals surface area contributed by atoms with Crippen LogP contribution in [0.4, 0.5) is 0 Å². The number of nitrogens with zero attached hydrogens (tertiary/aromatic N) is 3. The van der Waals surface area contributed by atoms with E-state index >= 15 is 0 Å². The molecule has 0 unspecified atom stereocenters. The summed E-state index contributed by atoms with van der Waals surface area (Å²) < 4.78 is 1.71. The maximum absolute atomic E-state index is 10.3. The third kappa shape index (κ3) is 3.78. The fourth-order valence-electron chi connectivity index (χ4n) is 2.41. The van der Waals surface area contributed by atoms with Crippen molar-refractivity contribution >= 4 is 0 Å². The van der Waals surface area contributed by atoms with Crippen molar-refractivity contribution in [2.24, 2.45) is 7.05 Å². The largest absolute Gasteiger partial charge is 0.389 e. The van der Waals surface area contributed by atoms with Gasteiger partial charge in [0.25, 0.3) is 0 Å². The van der Waals surface area contributed by atoms with E-state index in [-0.39, 0.29) is 0 Å². The molecule has 0 bridgehead atoms. The Morgan fingerprint density at radius 3 is 2.82 bits per heavy atom. The van der Waals surface area contributed by atoms with Crippen LogP contribution in [0.5, 0.6) is 0 Å². The molecule has 17 heavy (non-hydrogen) atoms. The first-order chi connectivity index (χ1) is 8.18. The van der Waals surface area contributed by atoms with Gasteiger partial charge in [0.05, 0.1) is 5.60 Å². The van der Waals surface area contributed by atoms with Gasteiger partial charge in [-0.25, -0.2) is 4.98 Å². The van der Waals surface area contributed by atoms with Gasteiger partial charge >= 0.3 is 0 Å². The number of aryl methyl sites for hydroxylation is 1. The topological polar surface area (TPSA) is 63.0 Å². The van der Waals surface area contributed by atoms with Gasteiger partial charge < -0.3 is 10.4 Å². The van der Waals surface area contributed by atoms with Crippen LogP contribution >= 0.6 is 0 Å². The van der Waals surface area contributed by atoms with Crippen LogP contribution in [0.2, 0.25) is 0 Å². The van der Waals surface area contributed by atoms with Gasteiger partial charge in [-0.05, 0) is 12.8 Å². The van der Waals surface area contributed by atoms with Crippen molar-refractivity contribution in [1.82, 2.24) is 20.1 Å². The third-order valence-electron chi connectivity index (χ3n) is 3.41. The van der Waals surface area contributed by atoms with Crippen molar-refractivity contribution in [1.29, 1.82) is 0 Å². The van der Waals surface area contributed by atoms with Gasteiger partial charge in [0.2, 0.25) is 0 Å². The second-order valence-corrected chi connectivity index (χ2v) is 5.05. The fourth-order valence-corrected chi connectivity index (χ4v) is 2.41. The maximum atomic E-state index is 10.3. The molecular weight excluding hydrogens is 216 g/mol. The zero-order valence-electron chi connectivity index (χ0n) is 10.5. The zero-order valence-corrected chi connectivity index (χ0v) is 10.5. The first kappa shape index (κ1) is 12.5. The summed E-state index contributed by atoms with van der Waals surface area (Å²) in [7, 11) is 1.87. The molecule has 0 saturated heterocycles. The highest BCUT2D eigenvalue weighted by Gasteiger charge is 2.28. The number of hydrogen-bond acceptors (Lipinski definition) is 4. The lowest BCUT2D eigenvalue weighted by Gasteiger charge is -2.32. The molecule has 5 nitrogen and oxygen atoms in total. The molecule has 1 aliphatic carbocycles. The molecule has 2 rings (SSSR count). The van der Waals surface area contributed by atoms with E-state index in [9.17, 15) is 5.11 Å². The minimum atomic E-state index is -0.476. The Kier molecular flexibility index (Phi) is 4.12. The van der Waals surface area contributed by atoms with Gasteiger partial charge in [-0.3, -0.25) is 4.68 Å². The fraction of sp³-hybridized carbons (Fsp3) is 0.833. The molecule has 1 aromatic heterocycles. The van der Waals surface area contributed by atoms with Gasteiger partial charge in [0, 0.05) is 26.6 Å². The van der Waals surface area contributed by atoms with E-state index in [1.54, 1.807) is 11.0 Å². The molecule has 2 N–H and O–H groups in total. The summed E-state index contributed by atoms with van der Waals surface area (Å²) in [6, 6.07) is 0. The summed E-state index contributed by atoms with van der Waals surface area (Å²) in [5.74, 6) is 0.857. The Morgan fingerprint density at radius 1 is 1.41 bits per heavy atom. The molecule has 96 valence electrons. The van der Waals surface area contributed by atoms with E-state index < -0.39 is 5.60 Å². The second-order valence-electron chi connectivity index (χ2n) is 5.05. The van der Waals surface area contributed by atoms with E-state index in [1.165, 1.54) is 6.42 Å². The molecule has 0 amide bonds. The molecule has 1 heterocycles. The number of aromatic nitrogens is 3. The van der Waals surface area contributed by atoms with E-state index in [0.717, 1.165) is 44.5 Å². The van der Waals surface area contributed by atoms with Crippen LogP contribution in [0.15, 0.2) is 6.33 Å². The average Bonchev–Trinajstić information content (AvgIpc) is 2.72. The molecule has 5 heteroatoms. The van der Waals surface area contributed by atoms with Crippen LogP contribution < -0.4 is 5.32 Å². The van der Waals surface area contributed by atoms with Gasteiger partial charge in [0.15, 0.2) is 5.82 Å². The van der Waals surface area contributed by atoms with Crippen LogP contribution in [0, 0.1) is 0 Å². The lowest BCUT2D eigenvalue weighted by atomic mass is 9.85. The summed E-state index contributed by atoms with van der Waals surface area (Å²) in [5.41, 5.74) is -0.476. The Bertz CT molecular complexity index is 344. The molecule has 0 spiro atoms. The summed E-state index contributed by atoms with van der Waals surface area (Å²) in [6.45, 7) is 1.52. The second kappa shape index (κ2) is 5.60. The number of aliphatic hydroxyl groups is 1. The molecule has 0 aromatic carbocycles. The van der Waals surface area contributed by atoms with E-state index in [1.807, 2.05) is 7.05 Å². The third-order valence-corrected chi connectivity index (χ3v) is 3.41. The number of nitrogens with one attached hydrogen (secondary N) is 1. The Labute approximate surface area is 102 Å². The van der Waals surface area contributed by atoms with Crippen LogP contribution in [-0.4, -0.2) is 38.6 Å². The van der Waals surface area contributed by atoms with Gasteiger partial charge in [0.1, 0.15) is 6.33 Å². The average molecular weight is 238 g/mol. The van der Waals surface area contributed by atoms with Crippen molar-refractivity contribution in [3.05, 3.63) is 12.2 Å². The first-order valence-electron chi connectivity index (χ1n) is 6.46. The van der Waals surface area contributed by atoms with E-state index in [0.29, 0.717) is 6.54 Å². The Morgan fingerprint density at radius 2 is 2.18 bits per heavy atom. The quantitative estimate of drug-likeness (QED) is 0.739. The highest BCUT2D eigenvalue weighted by atomic mass is 16.3. The molecule has 0 aliphatic heterocycles. The van der Waals surface area contributed by atoms with Gasteiger partial charge in [-0.2, -0.15) is 5.10 Å². The molecular formula is C12H22N4O. The Balaban J connectivity index is 1.65. The molecule has 1 aliphatic rings. The lowest BCUT2D eigenvalue weighted by molar-refractivity contribution is 0.00515. The number of hydrogen-bond donors (Lipinski definition) is 2. The van der Waals surface area contributed by atoms with Crippen molar-refractivity contribution in [2.75, 3.05) is 13.1 Å². The van der Waals surface area contributed by atoms with Crippen molar-refractivity contribution in [3.63, 3.8) is 0 Å². The van der Waals surface area contributed by atoms with Crippen LogP contribution in [0.1, 0.15) is 37.9 Å². The first-order valence-corrected chi connectivity index (χ1v) is 6.46. The van der Waals surface area contributed by atoms with Crippen LogP contribution in [0.3, 0.4) is 0 Å². The molecule has 1 aromatic rings. The predicted octanol–water partition coefficient (Wildman–Crippen LogP) is 0.642. The lowest BCUT2D eigenvalue weighted by Crippen LogP contribution is -2.42. The van der Waals surface area contributed by atoms with Crippen molar-refractivity contribution in [2.45, 2.75) is 44.1 Å². The monoisotopic (exact) mass is 238 g/mol. The predicted molar refractivity (Wildman–Crippen MR) is 65.6 cm³/mol. The van der Waals surface area contributed by atoms with Crippen LogP contribution in [0.25, 0.3) is 0 Å². The number of rotatable bonds is 5. The summed E-state index contributed by atoms with van der Waals surface area (Å²) in [5, 5.41) is 17.8. The van der Waals surface area contributed by atoms with Gasteiger partial charge in [-0.1, -0.05) is 19.3 Å². The highest BCUT2D eigenvalue weighted by Crippen LogP contribution is 2.27. The molecule has 0 atom stereocenters. The minimum absolute atomic E-state index is 0.476. The van der Waals surface area contributed by atoms with E-state index in [4.69, 9.17) is 0 Å². The normalized spacial score (nSPS) is 19.4. The Hall–Kier alpha value is -0.940. The molecule has 1 fully saturated rings. The van der Waals surface area contributed by atoms with Crippen molar-refractivity contribution in [3.8, 4) is 0 Å². The van der Waals surface area contributed by atoms with Crippen molar-refractivity contribution < 1.29 is 5.11 Å². The standard InChI is InChI=1S/C12H22N4O/c1-16-10-14-11(15-16)5-8-13-9-12(17)6-3-2-4-7-12/h10,13,17H,2-9H2,1H3. The molecule has 0 radical (unpaired) electrons. The molecule has 1 saturated carbocycles. The van der Waals surface area contributed by atoms with Crippen LogP contribution in [-0.2, 0) is 13.5 Å². The van der Waals surface area contributed by atoms with Gasteiger partial charge in [-0.15, -0.1) is 0 Å². The summed E-state index contributed by atoms with van der Waals surface area (Å²) >= 11 is 0.